The number of carbonyl (C=O) groups excluding carboxylic acids is 1. The van der Waals surface area contributed by atoms with Gasteiger partial charge in [-0.3, -0.25) is 0 Å². The van der Waals surface area contributed by atoms with Crippen molar-refractivity contribution in [1.29, 1.82) is 0 Å². The summed E-state index contributed by atoms with van der Waals surface area (Å²) in [5.41, 5.74) is 3.41. The number of ether oxygens (including phenoxy) is 3. The molecule has 7 heteroatoms. The van der Waals surface area contributed by atoms with Gasteiger partial charge in [-0.25, -0.2) is 0 Å². The summed E-state index contributed by atoms with van der Waals surface area (Å²) >= 11 is 3.31. The average molecular weight is 619 g/mol. The molecule has 0 aromatic heterocycles. The zero-order valence-corrected chi connectivity index (χ0v) is 27.0. The van der Waals surface area contributed by atoms with Gasteiger partial charge in [0.2, 0.25) is 0 Å². The summed E-state index contributed by atoms with van der Waals surface area (Å²) in [7, 11) is 1.65. The van der Waals surface area contributed by atoms with Crippen LogP contribution >= 0.6 is 0 Å². The summed E-state index contributed by atoms with van der Waals surface area (Å²) in [5.74, 6) is 0.777. The number of hydrogen-bond donors (Lipinski definition) is 0. The first kappa shape index (κ1) is 31.2. The van der Waals surface area contributed by atoms with E-state index in [1.165, 1.54) is 12.0 Å². The third kappa shape index (κ3) is 6.65. The molecule has 5 atom stereocenters. The zero-order chi connectivity index (χ0) is 30.6. The van der Waals surface area contributed by atoms with Crippen LogP contribution in [0.4, 0.5) is 5.69 Å². The van der Waals surface area contributed by atoms with E-state index in [-0.39, 0.29) is 18.1 Å². The Labute approximate surface area is 264 Å². The van der Waals surface area contributed by atoms with E-state index in [9.17, 15) is 4.79 Å². The predicted molar refractivity (Wildman–Crippen MR) is 168 cm³/mol. The molecule has 0 spiro atoms. The number of methoxy groups -OCH3 is 1. The van der Waals surface area contributed by atoms with E-state index in [1.807, 2.05) is 66.5 Å². The van der Waals surface area contributed by atoms with Crippen LogP contribution in [0.5, 0.6) is 5.75 Å². The Hall–Kier alpha value is -3.24. The molecular formula is C36H42CrN2O4. The fourth-order valence-electron chi connectivity index (χ4n) is 6.68. The maximum absolute atomic E-state index is 13.4. The summed E-state index contributed by atoms with van der Waals surface area (Å²) in [6.07, 6.45) is 3.22. The van der Waals surface area contributed by atoms with Gasteiger partial charge in [-0.2, -0.15) is 0 Å². The van der Waals surface area contributed by atoms with Gasteiger partial charge < -0.3 is 0 Å². The Morgan fingerprint density at radius 2 is 1.63 bits per heavy atom. The first-order chi connectivity index (χ1) is 20.7. The van der Waals surface area contributed by atoms with Gasteiger partial charge in [0.25, 0.3) is 0 Å². The first-order valence-electron chi connectivity index (χ1n) is 15.2. The Morgan fingerprint density at radius 1 is 0.977 bits per heavy atom. The molecule has 1 aliphatic heterocycles. The summed E-state index contributed by atoms with van der Waals surface area (Å²) in [6, 6.07) is 28.1. The molecule has 226 valence electrons. The van der Waals surface area contributed by atoms with Crippen molar-refractivity contribution in [3.8, 4) is 5.75 Å². The Bertz CT molecular complexity index is 1420. The molecular weight excluding hydrogens is 576 g/mol. The molecule has 5 rings (SSSR count). The van der Waals surface area contributed by atoms with Gasteiger partial charge >= 0.3 is 265 Å². The molecule has 2 aliphatic rings. The van der Waals surface area contributed by atoms with Crippen molar-refractivity contribution in [1.82, 2.24) is 0 Å². The molecule has 3 aromatic rings. The molecule has 0 bridgehead atoms. The van der Waals surface area contributed by atoms with Crippen LogP contribution < -0.4 is 9.75 Å². The molecule has 0 N–H and O–H groups in total. The van der Waals surface area contributed by atoms with Gasteiger partial charge in [0, 0.05) is 0 Å². The van der Waals surface area contributed by atoms with Crippen molar-refractivity contribution in [2.75, 3.05) is 18.7 Å². The van der Waals surface area contributed by atoms with Gasteiger partial charge in [0.05, 0.1) is 0 Å². The van der Waals surface area contributed by atoms with Crippen molar-refractivity contribution in [3.05, 3.63) is 96.1 Å². The minimum atomic E-state index is -0.422. The van der Waals surface area contributed by atoms with Crippen molar-refractivity contribution in [2.45, 2.75) is 70.4 Å². The molecule has 0 radical (unpaired) electrons. The molecule has 0 saturated heterocycles. The molecule has 43 heavy (non-hydrogen) atoms. The van der Waals surface area contributed by atoms with Gasteiger partial charge in [-0.15, -0.1) is 0 Å². The van der Waals surface area contributed by atoms with E-state index in [4.69, 9.17) is 19.3 Å². The molecule has 6 nitrogen and oxygen atoms in total. The number of nitrogens with zero attached hydrogens (tertiary/aromatic N) is 2. The van der Waals surface area contributed by atoms with Gasteiger partial charge in [-0.05, 0) is 0 Å². The fourth-order valence-corrected chi connectivity index (χ4v) is 7.24. The van der Waals surface area contributed by atoms with Crippen molar-refractivity contribution in [3.63, 3.8) is 0 Å². The van der Waals surface area contributed by atoms with E-state index in [0.717, 1.165) is 34.4 Å². The third-order valence-electron chi connectivity index (χ3n) is 9.08. The molecule has 0 unspecified atom stereocenters. The van der Waals surface area contributed by atoms with E-state index in [2.05, 4.69) is 67.0 Å². The number of benzene rings is 3. The Kier molecular flexibility index (Phi) is 9.86. The average Bonchev–Trinajstić information content (AvgIpc) is 3.43. The number of hydrazone groups is 1. The van der Waals surface area contributed by atoms with Crippen LogP contribution in [0.25, 0.3) is 0 Å². The molecule has 3 aromatic carbocycles. The maximum atomic E-state index is 13.4. The van der Waals surface area contributed by atoms with E-state index in [0.29, 0.717) is 17.5 Å². The van der Waals surface area contributed by atoms with Gasteiger partial charge in [0.15, 0.2) is 0 Å². The van der Waals surface area contributed by atoms with E-state index >= 15 is 0 Å². The zero-order valence-electron chi connectivity index (χ0n) is 25.7. The second-order valence-corrected chi connectivity index (χ2v) is 12.8. The molecule has 1 aliphatic carbocycles. The summed E-state index contributed by atoms with van der Waals surface area (Å²) in [5, 5.41) is 6.84. The second-order valence-electron chi connectivity index (χ2n) is 12.2. The van der Waals surface area contributed by atoms with Crippen LogP contribution in [0.2, 0.25) is 0 Å². The van der Waals surface area contributed by atoms with Crippen molar-refractivity contribution in [2.24, 2.45) is 16.9 Å². The SMILES string of the molecule is CCOC(=O)C1=NN(c2ccccc2)[C@H]([C](=[Cr])O[C@@H]2C[C@H](C)CC[C@H]2C(C)(C)c2ccccc2)[C@H]1c1ccc(OC)cc1. The standard InChI is InChI=1S/C36H42N2O4.Cr/c1-6-41-35(39)34-33(26-18-20-29(40-5)21-19-26)31(38(37-34)28-15-11-8-12-16-28)24-42-32-23-25(2)17-22-30(32)36(3,4)27-13-9-7-10-14-27;/h7-16,18-21,25,30-33H,6,17,22-23H2,1-5H3;/t25-,30-,31-,32-,33-;/m1./s1. The summed E-state index contributed by atoms with van der Waals surface area (Å²) in [6.45, 7) is 9.08. The van der Waals surface area contributed by atoms with Gasteiger partial charge in [-0.1, -0.05) is 0 Å². The van der Waals surface area contributed by atoms with Gasteiger partial charge in [0.1, 0.15) is 0 Å². The predicted octanol–water partition coefficient (Wildman–Crippen LogP) is 7.06. The number of anilines is 1. The van der Waals surface area contributed by atoms with Crippen LogP contribution in [0.15, 0.2) is 90.0 Å². The first-order valence-corrected chi connectivity index (χ1v) is 15.9. The minimum absolute atomic E-state index is 0.00371. The van der Waals surface area contributed by atoms with E-state index < -0.39 is 17.9 Å². The second kappa shape index (κ2) is 13.6. The summed E-state index contributed by atoms with van der Waals surface area (Å²) < 4.78 is 18.8. The molecule has 1 fully saturated rings. The third-order valence-corrected chi connectivity index (χ3v) is 9.60. The Balaban J connectivity index is 1.54. The van der Waals surface area contributed by atoms with E-state index in [1.54, 1.807) is 7.11 Å². The fraction of sp³-hybridized carbons (Fsp3) is 0.417. The van der Waals surface area contributed by atoms with Crippen LogP contribution in [-0.4, -0.2) is 42.1 Å². The van der Waals surface area contributed by atoms with Crippen LogP contribution in [0.1, 0.15) is 64.0 Å². The number of carbonyl (C=O) groups is 1. The number of rotatable bonds is 10. The normalized spacial score (nSPS) is 23.9. The van der Waals surface area contributed by atoms with Crippen LogP contribution in [0, 0.1) is 11.8 Å². The number of esters is 1. The molecule has 0 amide bonds. The number of para-hydroxylation sites is 1. The Morgan fingerprint density at radius 3 is 2.26 bits per heavy atom. The van der Waals surface area contributed by atoms with Crippen molar-refractivity contribution >= 4 is 21.9 Å². The quantitative estimate of drug-likeness (QED) is 0.228. The van der Waals surface area contributed by atoms with Crippen LogP contribution in [0.3, 0.4) is 0 Å². The molecule has 1 heterocycles. The van der Waals surface area contributed by atoms with Crippen molar-refractivity contribution < 1.29 is 34.9 Å². The monoisotopic (exact) mass is 618 g/mol. The molecule has 1 saturated carbocycles. The topological polar surface area (TPSA) is 60.4 Å². The number of hydrogen-bond acceptors (Lipinski definition) is 6. The van der Waals surface area contributed by atoms with Crippen LogP contribution in [-0.2, 0) is 35.5 Å². The summed E-state index contributed by atoms with van der Waals surface area (Å²) in [4.78, 5) is 13.4.